The Kier molecular flexibility index (Phi) is 6.14. The lowest BCUT2D eigenvalue weighted by Crippen LogP contribution is -2.44. The number of ether oxygens (including phenoxy) is 2. The van der Waals surface area contributed by atoms with Crippen LogP contribution >= 0.6 is 0 Å². The molecule has 1 aliphatic rings. The summed E-state index contributed by atoms with van der Waals surface area (Å²) in [7, 11) is 3.40. The van der Waals surface area contributed by atoms with E-state index in [1.807, 2.05) is 0 Å². The number of hydrazine groups is 1. The Morgan fingerprint density at radius 2 is 2.31 bits per heavy atom. The first-order valence-corrected chi connectivity index (χ1v) is 5.55. The highest BCUT2D eigenvalue weighted by Crippen LogP contribution is 2.15. The van der Waals surface area contributed by atoms with Crippen LogP contribution in [0.3, 0.4) is 0 Å². The monoisotopic (exact) mass is 230 g/mol. The number of likely N-dealkylation sites (tertiary alicyclic amines) is 1. The first-order valence-electron chi connectivity index (χ1n) is 5.55. The predicted octanol–water partition coefficient (Wildman–Crippen LogP) is -0.580. The molecule has 0 aromatic heterocycles. The molecule has 1 rings (SSSR count). The van der Waals surface area contributed by atoms with Gasteiger partial charge in [0.1, 0.15) is 0 Å². The number of nitrogens with zero attached hydrogens (tertiary/aromatic N) is 2. The Hall–Kier alpha value is -0.850. The quantitative estimate of drug-likeness (QED) is 0.217. The number of rotatable bonds is 5. The molecular formula is C10H22N4O2. The van der Waals surface area contributed by atoms with Crippen LogP contribution in [0.2, 0.25) is 0 Å². The third-order valence-electron chi connectivity index (χ3n) is 2.67. The van der Waals surface area contributed by atoms with Crippen LogP contribution in [0.5, 0.6) is 0 Å². The SMILES string of the molecule is COCCN=C(NN)N1CCC(COC)C1. The second-order valence-electron chi connectivity index (χ2n) is 3.90. The van der Waals surface area contributed by atoms with Crippen molar-refractivity contribution in [2.24, 2.45) is 16.8 Å². The van der Waals surface area contributed by atoms with Gasteiger partial charge < -0.3 is 14.4 Å². The van der Waals surface area contributed by atoms with Gasteiger partial charge in [0, 0.05) is 33.2 Å². The molecule has 0 aromatic carbocycles. The van der Waals surface area contributed by atoms with Gasteiger partial charge in [0.05, 0.1) is 19.8 Å². The molecule has 0 aromatic rings. The molecule has 0 amide bonds. The van der Waals surface area contributed by atoms with Gasteiger partial charge in [0.2, 0.25) is 5.96 Å². The minimum atomic E-state index is 0.575. The van der Waals surface area contributed by atoms with Crippen molar-refractivity contribution in [2.75, 3.05) is 47.1 Å². The van der Waals surface area contributed by atoms with E-state index in [-0.39, 0.29) is 0 Å². The van der Waals surface area contributed by atoms with E-state index in [1.165, 1.54) is 0 Å². The van der Waals surface area contributed by atoms with Crippen LogP contribution < -0.4 is 11.3 Å². The molecule has 1 aliphatic heterocycles. The van der Waals surface area contributed by atoms with Gasteiger partial charge in [-0.1, -0.05) is 0 Å². The number of nitrogens with two attached hydrogens (primary N) is 1. The summed E-state index contributed by atoms with van der Waals surface area (Å²) in [6, 6.07) is 0. The van der Waals surface area contributed by atoms with Crippen molar-refractivity contribution in [3.05, 3.63) is 0 Å². The molecule has 0 spiro atoms. The second kappa shape index (κ2) is 7.43. The summed E-state index contributed by atoms with van der Waals surface area (Å²) in [5.41, 5.74) is 2.65. The van der Waals surface area contributed by atoms with E-state index in [0.29, 0.717) is 19.1 Å². The fourth-order valence-corrected chi connectivity index (χ4v) is 1.88. The molecule has 6 heteroatoms. The normalized spacial score (nSPS) is 21.6. The third-order valence-corrected chi connectivity index (χ3v) is 2.67. The molecule has 0 bridgehead atoms. The van der Waals surface area contributed by atoms with E-state index in [0.717, 1.165) is 32.1 Å². The van der Waals surface area contributed by atoms with E-state index >= 15 is 0 Å². The number of hydrogen-bond acceptors (Lipinski definition) is 4. The summed E-state index contributed by atoms with van der Waals surface area (Å²) in [5, 5.41) is 0. The van der Waals surface area contributed by atoms with Crippen LogP contribution in [0.15, 0.2) is 4.99 Å². The van der Waals surface area contributed by atoms with E-state index in [9.17, 15) is 0 Å². The predicted molar refractivity (Wildman–Crippen MR) is 63.1 cm³/mol. The lowest BCUT2D eigenvalue weighted by atomic mass is 10.1. The maximum absolute atomic E-state index is 5.46. The highest BCUT2D eigenvalue weighted by molar-refractivity contribution is 5.79. The zero-order valence-electron chi connectivity index (χ0n) is 10.1. The van der Waals surface area contributed by atoms with Gasteiger partial charge in [-0.3, -0.25) is 5.43 Å². The van der Waals surface area contributed by atoms with E-state index in [2.05, 4.69) is 15.3 Å². The lowest BCUT2D eigenvalue weighted by molar-refractivity contribution is 0.157. The number of hydrogen-bond donors (Lipinski definition) is 2. The molecule has 16 heavy (non-hydrogen) atoms. The second-order valence-corrected chi connectivity index (χ2v) is 3.90. The standard InChI is InChI=1S/C10H22N4O2/c1-15-6-4-12-10(13-11)14-5-3-9(7-14)8-16-2/h9H,3-8,11H2,1-2H3,(H,12,13). The Labute approximate surface area is 96.8 Å². The lowest BCUT2D eigenvalue weighted by Gasteiger charge is -2.19. The Bertz CT molecular complexity index is 223. The minimum absolute atomic E-state index is 0.575. The van der Waals surface area contributed by atoms with Gasteiger partial charge in [-0.05, 0) is 6.42 Å². The number of nitrogens with one attached hydrogen (secondary N) is 1. The first-order chi connectivity index (χ1) is 7.81. The molecule has 1 unspecified atom stereocenters. The van der Waals surface area contributed by atoms with Crippen LogP contribution in [0.1, 0.15) is 6.42 Å². The summed E-state index contributed by atoms with van der Waals surface area (Å²) >= 11 is 0. The van der Waals surface area contributed by atoms with Crippen molar-refractivity contribution in [1.29, 1.82) is 0 Å². The largest absolute Gasteiger partial charge is 0.384 e. The Morgan fingerprint density at radius 1 is 1.50 bits per heavy atom. The molecule has 0 aliphatic carbocycles. The summed E-state index contributed by atoms with van der Waals surface area (Å²) in [5.74, 6) is 6.78. The zero-order valence-corrected chi connectivity index (χ0v) is 10.1. The molecule has 3 N–H and O–H groups in total. The molecule has 94 valence electrons. The van der Waals surface area contributed by atoms with Gasteiger partial charge >= 0.3 is 0 Å². The van der Waals surface area contributed by atoms with Gasteiger partial charge in [-0.2, -0.15) is 0 Å². The summed E-state index contributed by atoms with van der Waals surface area (Å²) in [6.45, 7) is 3.96. The van der Waals surface area contributed by atoms with Gasteiger partial charge in [-0.15, -0.1) is 0 Å². The number of guanidine groups is 1. The molecular weight excluding hydrogens is 208 g/mol. The molecule has 1 saturated heterocycles. The first kappa shape index (κ1) is 13.2. The molecule has 1 fully saturated rings. The van der Waals surface area contributed by atoms with Crippen molar-refractivity contribution >= 4 is 5.96 Å². The van der Waals surface area contributed by atoms with Crippen molar-refractivity contribution in [3.8, 4) is 0 Å². The van der Waals surface area contributed by atoms with Crippen molar-refractivity contribution in [3.63, 3.8) is 0 Å². The highest BCUT2D eigenvalue weighted by atomic mass is 16.5. The summed E-state index contributed by atoms with van der Waals surface area (Å²) in [4.78, 5) is 6.50. The zero-order chi connectivity index (χ0) is 11.8. The minimum Gasteiger partial charge on any atom is -0.384 e. The number of aliphatic imine (C=N–C) groups is 1. The van der Waals surface area contributed by atoms with Gasteiger partial charge in [-0.25, -0.2) is 10.8 Å². The van der Waals surface area contributed by atoms with Crippen molar-refractivity contribution < 1.29 is 9.47 Å². The van der Waals surface area contributed by atoms with E-state index in [1.54, 1.807) is 14.2 Å². The Morgan fingerprint density at radius 3 is 2.94 bits per heavy atom. The third kappa shape index (κ3) is 3.96. The summed E-state index contributed by atoms with van der Waals surface area (Å²) < 4.78 is 10.1. The topological polar surface area (TPSA) is 72.1 Å². The molecule has 1 atom stereocenters. The van der Waals surface area contributed by atoms with Gasteiger partial charge in [0.15, 0.2) is 0 Å². The summed E-state index contributed by atoms with van der Waals surface area (Å²) in [6.07, 6.45) is 1.12. The van der Waals surface area contributed by atoms with Crippen LogP contribution in [0.4, 0.5) is 0 Å². The molecule has 0 radical (unpaired) electrons. The van der Waals surface area contributed by atoms with E-state index in [4.69, 9.17) is 15.3 Å². The Balaban J connectivity index is 2.39. The van der Waals surface area contributed by atoms with Crippen LogP contribution in [0.25, 0.3) is 0 Å². The molecule has 6 nitrogen and oxygen atoms in total. The maximum Gasteiger partial charge on any atom is 0.208 e. The molecule has 1 heterocycles. The van der Waals surface area contributed by atoms with Crippen molar-refractivity contribution in [2.45, 2.75) is 6.42 Å². The van der Waals surface area contributed by atoms with Crippen LogP contribution in [-0.2, 0) is 9.47 Å². The highest BCUT2D eigenvalue weighted by Gasteiger charge is 2.24. The number of methoxy groups -OCH3 is 2. The average molecular weight is 230 g/mol. The molecule has 0 saturated carbocycles. The van der Waals surface area contributed by atoms with Crippen LogP contribution in [0, 0.1) is 5.92 Å². The van der Waals surface area contributed by atoms with Crippen LogP contribution in [-0.4, -0.2) is 57.9 Å². The van der Waals surface area contributed by atoms with Crippen molar-refractivity contribution in [1.82, 2.24) is 10.3 Å². The van der Waals surface area contributed by atoms with Gasteiger partial charge in [0.25, 0.3) is 0 Å². The fraction of sp³-hybridized carbons (Fsp3) is 0.900. The fourth-order valence-electron chi connectivity index (χ4n) is 1.88. The smallest absolute Gasteiger partial charge is 0.208 e. The van der Waals surface area contributed by atoms with E-state index < -0.39 is 0 Å². The maximum atomic E-state index is 5.46. The average Bonchev–Trinajstić information content (AvgIpc) is 2.74.